The van der Waals surface area contributed by atoms with Crippen LogP contribution in [0.5, 0.6) is 0 Å². The highest BCUT2D eigenvalue weighted by molar-refractivity contribution is 5.93. The van der Waals surface area contributed by atoms with Gasteiger partial charge < -0.3 is 16.0 Å². The van der Waals surface area contributed by atoms with Gasteiger partial charge in [0.1, 0.15) is 0 Å². The molecule has 1 aliphatic rings. The van der Waals surface area contributed by atoms with Gasteiger partial charge in [0.05, 0.1) is 6.04 Å². The summed E-state index contributed by atoms with van der Waals surface area (Å²) in [4.78, 5) is 24.9. The molecule has 0 aromatic heterocycles. The molecule has 1 unspecified atom stereocenters. The van der Waals surface area contributed by atoms with Gasteiger partial charge in [0.2, 0.25) is 5.91 Å². The van der Waals surface area contributed by atoms with Crippen molar-refractivity contribution in [1.82, 2.24) is 10.6 Å². The van der Waals surface area contributed by atoms with Crippen molar-refractivity contribution in [3.63, 3.8) is 0 Å². The second-order valence-corrected chi connectivity index (χ2v) is 8.40. The first kappa shape index (κ1) is 21.6. The summed E-state index contributed by atoms with van der Waals surface area (Å²) in [6, 6.07) is 25.2. The van der Waals surface area contributed by atoms with E-state index in [1.54, 1.807) is 0 Å². The minimum absolute atomic E-state index is 0.0860. The van der Waals surface area contributed by atoms with Crippen molar-refractivity contribution in [3.05, 3.63) is 101 Å². The van der Waals surface area contributed by atoms with Crippen molar-refractivity contribution >= 4 is 17.6 Å². The van der Waals surface area contributed by atoms with Crippen LogP contribution in [0.15, 0.2) is 78.9 Å². The molecule has 164 valence electrons. The summed E-state index contributed by atoms with van der Waals surface area (Å²) in [7, 11) is 0. The van der Waals surface area contributed by atoms with Crippen LogP contribution >= 0.6 is 0 Å². The summed E-state index contributed by atoms with van der Waals surface area (Å²) in [5.41, 5.74) is 4.92. The van der Waals surface area contributed by atoms with Gasteiger partial charge in [0.25, 0.3) is 0 Å². The maximum atomic E-state index is 12.7. The number of benzene rings is 3. The fourth-order valence-corrected chi connectivity index (χ4v) is 3.80. The standard InChI is InChI=1S/C27H29N3O2/c1-19-13-15-22(16-14-19)25(21-8-3-2-4-9-21)30-27(32)28-18-20-7-5-12-24(17-20)29-26(31)23-10-6-11-23/h2-5,7-9,12-17,23,25H,6,10-11,18H2,1H3,(H,29,31)(H2,28,30,32). The van der Waals surface area contributed by atoms with Gasteiger partial charge in [0.15, 0.2) is 0 Å². The lowest BCUT2D eigenvalue weighted by Crippen LogP contribution is -2.38. The van der Waals surface area contributed by atoms with Gasteiger partial charge in [-0.25, -0.2) is 4.79 Å². The maximum absolute atomic E-state index is 12.7. The number of rotatable bonds is 7. The molecule has 0 aliphatic heterocycles. The number of hydrogen-bond acceptors (Lipinski definition) is 2. The number of aryl methyl sites for hydroxylation is 1. The molecule has 3 aromatic carbocycles. The number of urea groups is 1. The van der Waals surface area contributed by atoms with Gasteiger partial charge >= 0.3 is 6.03 Å². The van der Waals surface area contributed by atoms with Crippen LogP contribution in [0.1, 0.15) is 47.6 Å². The Kier molecular flexibility index (Phi) is 6.85. The molecule has 3 N–H and O–H groups in total. The van der Waals surface area contributed by atoms with Gasteiger partial charge in [-0.1, -0.05) is 78.7 Å². The lowest BCUT2D eigenvalue weighted by Gasteiger charge is -2.24. The summed E-state index contributed by atoms with van der Waals surface area (Å²) in [5.74, 6) is 0.224. The van der Waals surface area contributed by atoms with E-state index in [2.05, 4.69) is 16.0 Å². The molecule has 1 atom stereocenters. The van der Waals surface area contributed by atoms with Gasteiger partial charge in [-0.2, -0.15) is 0 Å². The summed E-state index contributed by atoms with van der Waals surface area (Å²) in [6.45, 7) is 2.42. The van der Waals surface area contributed by atoms with Gasteiger partial charge in [-0.15, -0.1) is 0 Å². The van der Waals surface area contributed by atoms with Crippen molar-refractivity contribution in [2.24, 2.45) is 5.92 Å². The molecule has 3 amide bonds. The van der Waals surface area contributed by atoms with Crippen LogP contribution in [0.4, 0.5) is 10.5 Å². The number of nitrogens with one attached hydrogen (secondary N) is 3. The normalized spacial score (nSPS) is 14.2. The molecule has 4 rings (SSSR count). The van der Waals surface area contributed by atoms with Gasteiger partial charge in [0, 0.05) is 18.2 Å². The fourth-order valence-electron chi connectivity index (χ4n) is 3.80. The zero-order chi connectivity index (χ0) is 22.3. The number of hydrogen-bond donors (Lipinski definition) is 3. The van der Waals surface area contributed by atoms with Crippen molar-refractivity contribution < 1.29 is 9.59 Å². The Labute approximate surface area is 189 Å². The summed E-state index contributed by atoms with van der Waals surface area (Å²) < 4.78 is 0. The third kappa shape index (κ3) is 5.55. The lowest BCUT2D eigenvalue weighted by molar-refractivity contribution is -0.122. The van der Waals surface area contributed by atoms with E-state index in [1.165, 1.54) is 5.56 Å². The van der Waals surface area contributed by atoms with E-state index in [-0.39, 0.29) is 23.9 Å². The molecule has 1 saturated carbocycles. The summed E-state index contributed by atoms with van der Waals surface area (Å²) in [6.07, 6.45) is 3.07. The average molecular weight is 428 g/mol. The Morgan fingerprint density at radius 2 is 1.62 bits per heavy atom. The van der Waals surface area contributed by atoms with Crippen molar-refractivity contribution in [3.8, 4) is 0 Å². The molecule has 0 heterocycles. The Morgan fingerprint density at radius 1 is 0.906 bits per heavy atom. The Hall–Kier alpha value is -3.60. The van der Waals surface area contributed by atoms with Crippen LogP contribution < -0.4 is 16.0 Å². The average Bonchev–Trinajstić information content (AvgIpc) is 2.76. The van der Waals surface area contributed by atoms with Crippen LogP contribution in [0.25, 0.3) is 0 Å². The van der Waals surface area contributed by atoms with E-state index in [0.29, 0.717) is 6.54 Å². The topological polar surface area (TPSA) is 70.2 Å². The van der Waals surface area contributed by atoms with Crippen LogP contribution in [0, 0.1) is 12.8 Å². The highest BCUT2D eigenvalue weighted by atomic mass is 16.2. The second kappa shape index (κ2) is 10.1. The molecule has 1 aliphatic carbocycles. The van der Waals surface area contributed by atoms with E-state index < -0.39 is 0 Å². The molecule has 5 nitrogen and oxygen atoms in total. The molecule has 5 heteroatoms. The smallest absolute Gasteiger partial charge is 0.315 e. The van der Waals surface area contributed by atoms with Crippen molar-refractivity contribution in [2.75, 3.05) is 5.32 Å². The molecule has 1 fully saturated rings. The molecule has 0 spiro atoms. The summed E-state index contributed by atoms with van der Waals surface area (Å²) >= 11 is 0. The van der Waals surface area contributed by atoms with E-state index >= 15 is 0 Å². The monoisotopic (exact) mass is 427 g/mol. The first-order chi connectivity index (χ1) is 15.6. The van der Waals surface area contributed by atoms with Crippen LogP contribution in [0.2, 0.25) is 0 Å². The Bertz CT molecular complexity index is 1060. The Morgan fingerprint density at radius 3 is 2.31 bits per heavy atom. The number of amides is 3. The number of carbonyl (C=O) groups excluding carboxylic acids is 2. The zero-order valence-corrected chi connectivity index (χ0v) is 18.3. The van der Waals surface area contributed by atoms with Gasteiger partial charge in [-0.3, -0.25) is 4.79 Å². The van der Waals surface area contributed by atoms with E-state index in [9.17, 15) is 9.59 Å². The van der Waals surface area contributed by atoms with E-state index in [0.717, 1.165) is 41.6 Å². The highest BCUT2D eigenvalue weighted by Gasteiger charge is 2.25. The number of carbonyl (C=O) groups is 2. The molecular weight excluding hydrogens is 398 g/mol. The van der Waals surface area contributed by atoms with Crippen molar-refractivity contribution in [1.29, 1.82) is 0 Å². The van der Waals surface area contributed by atoms with Crippen LogP contribution in [-0.2, 0) is 11.3 Å². The molecule has 0 bridgehead atoms. The zero-order valence-electron chi connectivity index (χ0n) is 18.3. The SMILES string of the molecule is Cc1ccc(C(NC(=O)NCc2cccc(NC(=O)C3CCC3)c2)c2ccccc2)cc1. The first-order valence-electron chi connectivity index (χ1n) is 11.1. The third-order valence-electron chi connectivity index (χ3n) is 5.94. The molecule has 0 radical (unpaired) electrons. The predicted molar refractivity (Wildman–Crippen MR) is 127 cm³/mol. The van der Waals surface area contributed by atoms with Crippen LogP contribution in [-0.4, -0.2) is 11.9 Å². The minimum Gasteiger partial charge on any atom is -0.334 e. The quantitative estimate of drug-likeness (QED) is 0.477. The molecule has 3 aromatic rings. The van der Waals surface area contributed by atoms with E-state index in [4.69, 9.17) is 0 Å². The lowest BCUT2D eigenvalue weighted by atomic mass is 9.85. The van der Waals surface area contributed by atoms with Crippen LogP contribution in [0.3, 0.4) is 0 Å². The van der Waals surface area contributed by atoms with Crippen molar-refractivity contribution in [2.45, 2.75) is 38.8 Å². The minimum atomic E-state index is -0.247. The van der Waals surface area contributed by atoms with Gasteiger partial charge in [-0.05, 0) is 48.6 Å². The largest absolute Gasteiger partial charge is 0.334 e. The Balaban J connectivity index is 1.39. The molecule has 0 saturated heterocycles. The molecule has 32 heavy (non-hydrogen) atoms. The molecular formula is C27H29N3O2. The van der Waals surface area contributed by atoms with E-state index in [1.807, 2.05) is 85.8 Å². The number of anilines is 1. The highest BCUT2D eigenvalue weighted by Crippen LogP contribution is 2.27. The first-order valence-corrected chi connectivity index (χ1v) is 11.1. The maximum Gasteiger partial charge on any atom is 0.315 e. The third-order valence-corrected chi connectivity index (χ3v) is 5.94. The predicted octanol–water partition coefficient (Wildman–Crippen LogP) is 5.32. The fraction of sp³-hybridized carbons (Fsp3) is 0.259. The second-order valence-electron chi connectivity index (χ2n) is 8.40. The summed E-state index contributed by atoms with van der Waals surface area (Å²) in [5, 5.41) is 9.02.